The maximum absolute atomic E-state index is 12.6. The molecule has 2 aliphatic heterocycles. The van der Waals surface area contributed by atoms with Crippen molar-refractivity contribution in [3.63, 3.8) is 0 Å². The van der Waals surface area contributed by atoms with Crippen LogP contribution in [0.3, 0.4) is 0 Å². The van der Waals surface area contributed by atoms with Crippen molar-refractivity contribution >= 4 is 16.8 Å². The number of nitrogens with zero attached hydrogens (tertiary/aromatic N) is 1. The zero-order valence-corrected chi connectivity index (χ0v) is 13.1. The third kappa shape index (κ3) is 1.40. The second-order valence-electron chi connectivity index (χ2n) is 7.54. The minimum atomic E-state index is -0.0403. The van der Waals surface area contributed by atoms with E-state index in [1.807, 2.05) is 0 Å². The van der Waals surface area contributed by atoms with E-state index in [4.69, 9.17) is 0 Å². The van der Waals surface area contributed by atoms with E-state index in [9.17, 15) is 4.79 Å². The SMILES string of the molecule is CC1CC2CC(=O)N3CCCc4c([nH]c5ccccc45)C23C1. The summed E-state index contributed by atoms with van der Waals surface area (Å²) in [7, 11) is 0. The van der Waals surface area contributed by atoms with Crippen LogP contribution in [0.4, 0.5) is 0 Å². The number of para-hydroxylation sites is 1. The summed E-state index contributed by atoms with van der Waals surface area (Å²) in [5, 5.41) is 1.37. The van der Waals surface area contributed by atoms with Gasteiger partial charge in [0.25, 0.3) is 0 Å². The molecule has 3 heterocycles. The highest BCUT2D eigenvalue weighted by Crippen LogP contribution is 2.58. The van der Waals surface area contributed by atoms with Gasteiger partial charge in [-0.15, -0.1) is 0 Å². The van der Waals surface area contributed by atoms with Gasteiger partial charge in [-0.25, -0.2) is 0 Å². The normalized spacial score (nSPS) is 33.7. The molecule has 1 aromatic carbocycles. The van der Waals surface area contributed by atoms with Crippen molar-refractivity contribution in [1.82, 2.24) is 9.88 Å². The molecule has 1 N–H and O–H groups in total. The number of rotatable bonds is 0. The van der Waals surface area contributed by atoms with Crippen LogP contribution in [0.25, 0.3) is 10.9 Å². The van der Waals surface area contributed by atoms with Gasteiger partial charge in [0.1, 0.15) is 0 Å². The first kappa shape index (κ1) is 12.7. The smallest absolute Gasteiger partial charge is 0.223 e. The fourth-order valence-electron chi connectivity index (χ4n) is 5.60. The van der Waals surface area contributed by atoms with E-state index in [0.717, 1.165) is 32.2 Å². The van der Waals surface area contributed by atoms with E-state index < -0.39 is 0 Å². The van der Waals surface area contributed by atoms with Gasteiger partial charge in [-0.2, -0.15) is 0 Å². The highest BCUT2D eigenvalue weighted by Gasteiger charge is 2.59. The Bertz CT molecular complexity index is 777. The predicted octanol–water partition coefficient (Wildman–Crippen LogP) is 3.59. The van der Waals surface area contributed by atoms with Crippen LogP contribution < -0.4 is 0 Å². The Kier molecular flexibility index (Phi) is 2.41. The van der Waals surface area contributed by atoms with E-state index in [-0.39, 0.29) is 5.54 Å². The van der Waals surface area contributed by atoms with Crippen LogP contribution >= 0.6 is 0 Å². The van der Waals surface area contributed by atoms with E-state index in [1.54, 1.807) is 0 Å². The summed E-state index contributed by atoms with van der Waals surface area (Å²) in [5.74, 6) is 1.58. The lowest BCUT2D eigenvalue weighted by Crippen LogP contribution is -2.44. The molecule has 1 amide bonds. The molecule has 1 saturated heterocycles. The number of H-pyrrole nitrogens is 1. The van der Waals surface area contributed by atoms with Crippen molar-refractivity contribution < 1.29 is 4.79 Å². The first-order chi connectivity index (χ1) is 10.7. The number of aromatic amines is 1. The number of carbonyl (C=O) groups excluding carboxylic acids is 1. The van der Waals surface area contributed by atoms with Crippen molar-refractivity contribution in [2.45, 2.75) is 44.6 Å². The van der Waals surface area contributed by atoms with Gasteiger partial charge >= 0.3 is 0 Å². The van der Waals surface area contributed by atoms with Crippen LogP contribution in [0.1, 0.15) is 43.9 Å². The molecule has 0 bridgehead atoms. The first-order valence-corrected chi connectivity index (χ1v) is 8.60. The zero-order valence-electron chi connectivity index (χ0n) is 13.1. The lowest BCUT2D eigenvalue weighted by molar-refractivity contribution is -0.131. The van der Waals surface area contributed by atoms with Gasteiger partial charge in [0, 0.05) is 29.6 Å². The van der Waals surface area contributed by atoms with Crippen molar-refractivity contribution in [3.05, 3.63) is 35.5 Å². The van der Waals surface area contributed by atoms with Crippen molar-refractivity contribution in [2.75, 3.05) is 6.54 Å². The molecule has 114 valence electrons. The monoisotopic (exact) mass is 294 g/mol. The first-order valence-electron chi connectivity index (χ1n) is 8.60. The molecule has 1 aromatic heterocycles. The summed E-state index contributed by atoms with van der Waals surface area (Å²) in [5.41, 5.74) is 4.04. The molecule has 22 heavy (non-hydrogen) atoms. The van der Waals surface area contributed by atoms with Gasteiger partial charge in [0.15, 0.2) is 0 Å². The summed E-state index contributed by atoms with van der Waals surface area (Å²) in [4.78, 5) is 18.6. The van der Waals surface area contributed by atoms with Crippen molar-refractivity contribution in [1.29, 1.82) is 0 Å². The van der Waals surface area contributed by atoms with Gasteiger partial charge in [-0.3, -0.25) is 4.79 Å². The summed E-state index contributed by atoms with van der Waals surface area (Å²) in [6.07, 6.45) is 5.24. The van der Waals surface area contributed by atoms with Crippen molar-refractivity contribution in [2.24, 2.45) is 11.8 Å². The molecule has 3 aliphatic rings. The Morgan fingerprint density at radius 2 is 2.18 bits per heavy atom. The highest BCUT2D eigenvalue weighted by molar-refractivity contribution is 5.87. The number of hydrogen-bond acceptors (Lipinski definition) is 1. The minimum absolute atomic E-state index is 0.0403. The number of carbonyl (C=O) groups is 1. The van der Waals surface area contributed by atoms with Crippen LogP contribution in [0.5, 0.6) is 0 Å². The topological polar surface area (TPSA) is 36.1 Å². The quantitative estimate of drug-likeness (QED) is 0.792. The zero-order chi connectivity index (χ0) is 14.9. The van der Waals surface area contributed by atoms with E-state index in [1.165, 1.54) is 28.6 Å². The van der Waals surface area contributed by atoms with E-state index >= 15 is 0 Å². The van der Waals surface area contributed by atoms with Gasteiger partial charge < -0.3 is 9.88 Å². The fourth-order valence-corrected chi connectivity index (χ4v) is 5.60. The molecule has 3 atom stereocenters. The van der Waals surface area contributed by atoms with Crippen LogP contribution in [0, 0.1) is 11.8 Å². The van der Waals surface area contributed by atoms with E-state index in [2.05, 4.69) is 41.1 Å². The second-order valence-corrected chi connectivity index (χ2v) is 7.54. The fraction of sp³-hybridized carbons (Fsp3) is 0.526. The molecule has 1 spiro atoms. The molecular formula is C19H22N2O. The molecule has 3 heteroatoms. The summed E-state index contributed by atoms with van der Waals surface area (Å²) >= 11 is 0. The third-order valence-corrected chi connectivity index (χ3v) is 6.28. The third-order valence-electron chi connectivity index (χ3n) is 6.28. The maximum Gasteiger partial charge on any atom is 0.223 e. The molecule has 2 fully saturated rings. The molecule has 0 radical (unpaired) electrons. The van der Waals surface area contributed by atoms with Crippen molar-refractivity contribution in [3.8, 4) is 0 Å². The molecule has 3 unspecified atom stereocenters. The van der Waals surface area contributed by atoms with Crippen LogP contribution in [0.15, 0.2) is 24.3 Å². The lowest BCUT2D eigenvalue weighted by atomic mass is 9.83. The van der Waals surface area contributed by atoms with Gasteiger partial charge in [0.2, 0.25) is 5.91 Å². The minimum Gasteiger partial charge on any atom is -0.356 e. The highest BCUT2D eigenvalue weighted by atomic mass is 16.2. The number of hydrogen-bond donors (Lipinski definition) is 1. The summed E-state index contributed by atoms with van der Waals surface area (Å²) in [6.45, 7) is 3.28. The Balaban J connectivity index is 1.81. The van der Waals surface area contributed by atoms with E-state index in [0.29, 0.717) is 17.7 Å². The Morgan fingerprint density at radius 1 is 1.32 bits per heavy atom. The molecule has 2 aromatic rings. The second kappa shape index (κ2) is 4.15. The largest absolute Gasteiger partial charge is 0.356 e. The average Bonchev–Trinajstić information content (AvgIpc) is 3.05. The predicted molar refractivity (Wildman–Crippen MR) is 86.5 cm³/mol. The number of aryl methyl sites for hydroxylation is 1. The standard InChI is InChI=1S/C19H22N2O/c1-12-9-13-10-17(22)21-8-4-6-15-14-5-2-3-7-16(14)20-18(15)19(13,21)11-12/h2-3,5,7,12-13,20H,4,6,8-11H2,1H3. The van der Waals surface area contributed by atoms with Gasteiger partial charge in [-0.05, 0) is 49.1 Å². The molecule has 5 rings (SSSR count). The molecular weight excluding hydrogens is 272 g/mol. The number of benzene rings is 1. The maximum atomic E-state index is 12.6. The van der Waals surface area contributed by atoms with Crippen LogP contribution in [-0.2, 0) is 16.8 Å². The lowest BCUT2D eigenvalue weighted by Gasteiger charge is -2.37. The number of amides is 1. The molecule has 1 saturated carbocycles. The van der Waals surface area contributed by atoms with Gasteiger partial charge in [-0.1, -0.05) is 25.1 Å². The number of aromatic nitrogens is 1. The summed E-state index contributed by atoms with van der Waals surface area (Å²) < 4.78 is 0. The molecule has 3 nitrogen and oxygen atoms in total. The van der Waals surface area contributed by atoms with Crippen LogP contribution in [-0.4, -0.2) is 22.3 Å². The number of fused-ring (bicyclic) bond motifs is 3. The Labute approximate surface area is 130 Å². The Hall–Kier alpha value is -1.77. The average molecular weight is 294 g/mol. The summed E-state index contributed by atoms with van der Waals surface area (Å²) in [6, 6.07) is 8.64. The van der Waals surface area contributed by atoms with Crippen LogP contribution in [0.2, 0.25) is 0 Å². The number of nitrogens with one attached hydrogen (secondary N) is 1. The Morgan fingerprint density at radius 3 is 3.09 bits per heavy atom. The van der Waals surface area contributed by atoms with Gasteiger partial charge in [0.05, 0.1) is 5.54 Å². The molecule has 1 aliphatic carbocycles.